The molecule has 10 nitrogen and oxygen atoms in total. The van der Waals surface area contributed by atoms with E-state index in [4.69, 9.17) is 14.2 Å². The highest BCUT2D eigenvalue weighted by atomic mass is 32.1. The molecule has 0 spiro atoms. The molecule has 4 rings (SSSR count). The zero-order valence-electron chi connectivity index (χ0n) is 14.2. The number of methoxy groups -OCH3 is 1. The molecule has 2 aromatic heterocycles. The van der Waals surface area contributed by atoms with Gasteiger partial charge in [0, 0.05) is 18.2 Å². The maximum Gasteiger partial charge on any atom is 0.325 e. The van der Waals surface area contributed by atoms with Gasteiger partial charge in [0.25, 0.3) is 5.91 Å². The van der Waals surface area contributed by atoms with E-state index in [9.17, 15) is 19.7 Å². The molecule has 0 radical (unpaired) electrons. The Bertz CT molecular complexity index is 1190. The number of fused-ring (bicyclic) bond motifs is 2. The number of rotatable bonds is 4. The second-order valence-corrected chi connectivity index (χ2v) is 7.60. The number of ether oxygens (including phenoxy) is 3. The fourth-order valence-corrected chi connectivity index (χ4v) is 4.32. The lowest BCUT2D eigenvalue weighted by Crippen LogP contribution is -2.22. The lowest BCUT2D eigenvalue weighted by Gasteiger charge is -2.04. The van der Waals surface area contributed by atoms with E-state index in [0.717, 1.165) is 16.0 Å². The van der Waals surface area contributed by atoms with Crippen LogP contribution in [0.15, 0.2) is 29.3 Å². The zero-order valence-corrected chi connectivity index (χ0v) is 15.9. The highest BCUT2D eigenvalue weighted by Crippen LogP contribution is 2.37. The average molecular weight is 421 g/mol. The summed E-state index contributed by atoms with van der Waals surface area (Å²) in [6.45, 7) is -0.0523. The molecule has 1 aliphatic rings. The molecule has 3 heterocycles. The number of benzene rings is 1. The number of hydrogen-bond acceptors (Lipinski definition) is 9. The summed E-state index contributed by atoms with van der Waals surface area (Å²) in [5, 5.41) is 10.7. The van der Waals surface area contributed by atoms with E-state index in [2.05, 4.69) is 4.99 Å². The smallest absolute Gasteiger partial charge is 0.325 e. The molecule has 1 aromatic carbocycles. The van der Waals surface area contributed by atoms with Crippen molar-refractivity contribution in [1.29, 1.82) is 0 Å². The Kier molecular flexibility index (Phi) is 4.57. The maximum atomic E-state index is 12.5. The summed E-state index contributed by atoms with van der Waals surface area (Å²) in [5.41, 5.74) is 0.628. The molecule has 0 fully saturated rings. The van der Waals surface area contributed by atoms with Gasteiger partial charge >= 0.3 is 11.0 Å². The van der Waals surface area contributed by atoms with Crippen LogP contribution in [-0.2, 0) is 16.1 Å². The molecular weight excluding hydrogens is 410 g/mol. The number of nitrogens with zero attached hydrogens (tertiary/aromatic N) is 3. The summed E-state index contributed by atoms with van der Waals surface area (Å²) in [6, 6.07) is 6.05. The lowest BCUT2D eigenvalue weighted by molar-refractivity contribution is -0.380. The lowest BCUT2D eigenvalue weighted by atomic mass is 10.3. The Balaban J connectivity index is 1.83. The van der Waals surface area contributed by atoms with Crippen molar-refractivity contribution in [3.8, 4) is 11.5 Å². The molecule has 12 heteroatoms. The number of aromatic nitrogens is 1. The predicted octanol–water partition coefficient (Wildman–Crippen LogP) is 2.32. The van der Waals surface area contributed by atoms with Gasteiger partial charge in [-0.05, 0) is 6.07 Å². The van der Waals surface area contributed by atoms with E-state index in [1.807, 2.05) is 0 Å². The van der Waals surface area contributed by atoms with E-state index < -0.39 is 16.8 Å². The number of amides is 1. The minimum Gasteiger partial charge on any atom is -0.468 e. The van der Waals surface area contributed by atoms with E-state index >= 15 is 0 Å². The molecule has 0 N–H and O–H groups in total. The van der Waals surface area contributed by atoms with Crippen molar-refractivity contribution in [2.24, 2.45) is 4.99 Å². The first-order valence-electron chi connectivity index (χ1n) is 7.79. The van der Waals surface area contributed by atoms with Gasteiger partial charge in [-0.1, -0.05) is 22.7 Å². The van der Waals surface area contributed by atoms with Crippen LogP contribution < -0.4 is 14.3 Å². The fraction of sp³-hybridized carbons (Fsp3) is 0.188. The third-order valence-corrected chi connectivity index (χ3v) is 5.94. The molecule has 1 aliphatic heterocycles. The van der Waals surface area contributed by atoms with Crippen molar-refractivity contribution in [2.75, 3.05) is 13.9 Å². The monoisotopic (exact) mass is 421 g/mol. The van der Waals surface area contributed by atoms with Crippen LogP contribution in [-0.4, -0.2) is 35.3 Å². The van der Waals surface area contributed by atoms with Crippen molar-refractivity contribution < 1.29 is 28.7 Å². The number of nitro groups is 1. The SMILES string of the molecule is COC(=O)Cn1c(=NC(=O)c2ccc([N+](=O)[O-])s2)sc2cc3c(cc21)OCO3. The van der Waals surface area contributed by atoms with Crippen LogP contribution in [0.25, 0.3) is 10.2 Å². The van der Waals surface area contributed by atoms with E-state index in [0.29, 0.717) is 17.0 Å². The van der Waals surface area contributed by atoms with Gasteiger partial charge in [-0.3, -0.25) is 19.7 Å². The fourth-order valence-electron chi connectivity index (χ4n) is 2.57. The van der Waals surface area contributed by atoms with Gasteiger partial charge in [0.2, 0.25) is 6.79 Å². The maximum absolute atomic E-state index is 12.5. The van der Waals surface area contributed by atoms with Gasteiger partial charge in [0.05, 0.1) is 22.2 Å². The largest absolute Gasteiger partial charge is 0.468 e. The summed E-state index contributed by atoms with van der Waals surface area (Å²) >= 11 is 1.92. The summed E-state index contributed by atoms with van der Waals surface area (Å²) in [4.78, 5) is 39.0. The van der Waals surface area contributed by atoms with Crippen LogP contribution in [0.3, 0.4) is 0 Å². The third-order valence-electron chi connectivity index (χ3n) is 3.87. The van der Waals surface area contributed by atoms with Gasteiger partial charge in [0.1, 0.15) is 11.4 Å². The summed E-state index contributed by atoms with van der Waals surface area (Å²) < 4.78 is 17.7. The minimum absolute atomic E-state index is 0.108. The molecule has 1 amide bonds. The van der Waals surface area contributed by atoms with E-state index in [-0.39, 0.29) is 28.0 Å². The summed E-state index contributed by atoms with van der Waals surface area (Å²) in [6.07, 6.45) is 0. The zero-order chi connectivity index (χ0) is 19.8. The second kappa shape index (κ2) is 7.05. The van der Waals surface area contributed by atoms with Crippen LogP contribution in [0, 0.1) is 10.1 Å². The Labute approximate surface area is 164 Å². The third kappa shape index (κ3) is 3.23. The summed E-state index contributed by atoms with van der Waals surface area (Å²) in [7, 11) is 1.26. The Morgan fingerprint density at radius 1 is 1.29 bits per heavy atom. The molecule has 28 heavy (non-hydrogen) atoms. The van der Waals surface area contributed by atoms with E-state index in [1.165, 1.54) is 35.1 Å². The van der Waals surface area contributed by atoms with Crippen LogP contribution in [0.4, 0.5) is 5.00 Å². The van der Waals surface area contributed by atoms with Crippen molar-refractivity contribution >= 4 is 49.8 Å². The Morgan fingerprint density at radius 2 is 2.04 bits per heavy atom. The molecule has 0 saturated carbocycles. The first kappa shape index (κ1) is 18.1. The molecule has 0 bridgehead atoms. The molecule has 0 atom stereocenters. The number of thiazole rings is 1. The highest BCUT2D eigenvalue weighted by molar-refractivity contribution is 7.17. The van der Waals surface area contributed by atoms with Crippen molar-refractivity contribution in [1.82, 2.24) is 4.57 Å². The highest BCUT2D eigenvalue weighted by Gasteiger charge is 2.20. The van der Waals surface area contributed by atoms with Gasteiger partial charge in [-0.25, -0.2) is 0 Å². The first-order chi connectivity index (χ1) is 13.5. The number of hydrogen-bond donors (Lipinski definition) is 0. The average Bonchev–Trinajstić information content (AvgIpc) is 3.39. The van der Waals surface area contributed by atoms with Crippen LogP contribution >= 0.6 is 22.7 Å². The first-order valence-corrected chi connectivity index (χ1v) is 9.42. The molecule has 0 unspecified atom stereocenters. The number of carbonyl (C=O) groups excluding carboxylic acids is 2. The normalized spacial score (nSPS) is 13.1. The quantitative estimate of drug-likeness (QED) is 0.360. The van der Waals surface area contributed by atoms with Gasteiger partial charge < -0.3 is 18.8 Å². The topological polar surface area (TPSA) is 122 Å². The number of esters is 1. The molecular formula is C16H11N3O7S2. The van der Waals surface area contributed by atoms with Crippen molar-refractivity contribution in [3.63, 3.8) is 0 Å². The second-order valence-electron chi connectivity index (χ2n) is 5.53. The predicted molar refractivity (Wildman–Crippen MR) is 98.8 cm³/mol. The molecule has 144 valence electrons. The molecule has 0 saturated heterocycles. The van der Waals surface area contributed by atoms with E-state index in [1.54, 1.807) is 12.1 Å². The van der Waals surface area contributed by atoms with Gasteiger partial charge in [0.15, 0.2) is 16.3 Å². The van der Waals surface area contributed by atoms with Gasteiger partial charge in [-0.2, -0.15) is 4.99 Å². The minimum atomic E-state index is -0.636. The van der Waals surface area contributed by atoms with Gasteiger partial charge in [-0.15, -0.1) is 0 Å². The van der Waals surface area contributed by atoms with Crippen LogP contribution in [0.5, 0.6) is 11.5 Å². The van der Waals surface area contributed by atoms with Crippen LogP contribution in [0.1, 0.15) is 9.67 Å². The van der Waals surface area contributed by atoms with Crippen molar-refractivity contribution in [2.45, 2.75) is 6.54 Å². The Hall–Kier alpha value is -3.25. The Morgan fingerprint density at radius 3 is 2.71 bits per heavy atom. The standard InChI is InChI=1S/C16H11N3O7S2/c1-24-14(20)6-18-8-4-9-10(26-7-25-9)5-12(8)28-16(18)17-15(21)11-2-3-13(27-11)19(22)23/h2-5H,6-7H2,1H3. The summed E-state index contributed by atoms with van der Waals surface area (Å²) in [5.74, 6) is -0.0669. The van der Waals surface area contributed by atoms with Crippen molar-refractivity contribution in [3.05, 3.63) is 44.1 Å². The number of carbonyl (C=O) groups is 2. The molecule has 3 aromatic rings. The van der Waals surface area contributed by atoms with Crippen LogP contribution in [0.2, 0.25) is 0 Å². The molecule has 0 aliphatic carbocycles. The number of thiophene rings is 1.